The fraction of sp³-hybridized carbons (Fsp3) is 0.714. The molecule has 2 aliphatic rings. The lowest BCUT2D eigenvalue weighted by molar-refractivity contribution is 0.246. The maximum absolute atomic E-state index is 2.63. The minimum atomic E-state index is 1.20. The van der Waals surface area contributed by atoms with Crippen molar-refractivity contribution in [1.82, 2.24) is 4.90 Å². The molecule has 0 N–H and O–H groups in total. The maximum atomic E-state index is 2.63. The predicted octanol–water partition coefficient (Wildman–Crippen LogP) is 3.53. The molecule has 2 rings (SSSR count). The highest BCUT2D eigenvalue weighted by molar-refractivity contribution is 5.37. The van der Waals surface area contributed by atoms with E-state index in [9.17, 15) is 0 Å². The van der Waals surface area contributed by atoms with E-state index in [0.29, 0.717) is 0 Å². The molecule has 1 aliphatic heterocycles. The predicted molar refractivity (Wildman–Crippen MR) is 66.0 cm³/mol. The van der Waals surface area contributed by atoms with Crippen molar-refractivity contribution in [3.63, 3.8) is 0 Å². The number of nitrogens with zero attached hydrogens (tertiary/aromatic N) is 1. The van der Waals surface area contributed by atoms with E-state index in [1.165, 1.54) is 57.3 Å². The SMILES string of the molecule is CC1=CCCC(C)=C1CN1CCCCC1. The van der Waals surface area contributed by atoms with Gasteiger partial charge in [0.2, 0.25) is 0 Å². The third-order valence-electron chi connectivity index (χ3n) is 3.79. The molecule has 1 aliphatic carbocycles. The van der Waals surface area contributed by atoms with E-state index in [1.54, 1.807) is 11.1 Å². The summed E-state index contributed by atoms with van der Waals surface area (Å²) in [6, 6.07) is 0. The molecule has 15 heavy (non-hydrogen) atoms. The first kappa shape index (κ1) is 10.9. The standard InChI is InChI=1S/C14H23N/c1-12-7-6-8-13(2)14(12)11-15-9-4-3-5-10-15/h7H,3-6,8-11H2,1-2H3. The van der Waals surface area contributed by atoms with Gasteiger partial charge in [0, 0.05) is 6.54 Å². The van der Waals surface area contributed by atoms with E-state index in [0.717, 1.165) is 0 Å². The highest BCUT2D eigenvalue weighted by Gasteiger charge is 2.15. The fourth-order valence-electron chi connectivity index (χ4n) is 2.72. The Morgan fingerprint density at radius 2 is 1.87 bits per heavy atom. The summed E-state index contributed by atoms with van der Waals surface area (Å²) < 4.78 is 0. The van der Waals surface area contributed by atoms with Crippen molar-refractivity contribution in [2.75, 3.05) is 19.6 Å². The molecule has 1 nitrogen and oxygen atoms in total. The van der Waals surface area contributed by atoms with Gasteiger partial charge in [-0.3, -0.25) is 4.90 Å². The molecule has 0 amide bonds. The third kappa shape index (κ3) is 2.72. The molecule has 0 aromatic carbocycles. The molecule has 0 atom stereocenters. The van der Waals surface area contributed by atoms with E-state index in [-0.39, 0.29) is 0 Å². The highest BCUT2D eigenvalue weighted by atomic mass is 15.1. The van der Waals surface area contributed by atoms with Crippen molar-refractivity contribution in [2.45, 2.75) is 46.0 Å². The highest BCUT2D eigenvalue weighted by Crippen LogP contribution is 2.26. The van der Waals surface area contributed by atoms with E-state index >= 15 is 0 Å². The number of piperidine rings is 1. The van der Waals surface area contributed by atoms with Gasteiger partial charge in [0.25, 0.3) is 0 Å². The molecule has 1 saturated heterocycles. The summed E-state index contributed by atoms with van der Waals surface area (Å²) in [6.45, 7) is 8.42. The Morgan fingerprint density at radius 3 is 2.53 bits per heavy atom. The van der Waals surface area contributed by atoms with Crippen LogP contribution in [0.15, 0.2) is 22.8 Å². The molecule has 0 unspecified atom stereocenters. The van der Waals surface area contributed by atoms with Gasteiger partial charge in [-0.25, -0.2) is 0 Å². The molecule has 1 heteroatoms. The summed E-state index contributed by atoms with van der Waals surface area (Å²) in [7, 11) is 0. The van der Waals surface area contributed by atoms with Crippen LogP contribution in [0.25, 0.3) is 0 Å². The van der Waals surface area contributed by atoms with Gasteiger partial charge >= 0.3 is 0 Å². The number of rotatable bonds is 2. The normalized spacial score (nSPS) is 24.3. The van der Waals surface area contributed by atoms with Crippen molar-refractivity contribution in [3.8, 4) is 0 Å². The lowest BCUT2D eigenvalue weighted by Crippen LogP contribution is -2.32. The second-order valence-corrected chi connectivity index (χ2v) is 5.02. The van der Waals surface area contributed by atoms with Crippen LogP contribution in [-0.2, 0) is 0 Å². The van der Waals surface area contributed by atoms with E-state index in [1.807, 2.05) is 0 Å². The van der Waals surface area contributed by atoms with Gasteiger partial charge in [0.1, 0.15) is 0 Å². The molecule has 0 bridgehead atoms. The van der Waals surface area contributed by atoms with Crippen molar-refractivity contribution in [1.29, 1.82) is 0 Å². The van der Waals surface area contributed by atoms with Gasteiger partial charge in [-0.2, -0.15) is 0 Å². The van der Waals surface area contributed by atoms with Gasteiger partial charge < -0.3 is 0 Å². The Kier molecular flexibility index (Phi) is 3.63. The zero-order valence-electron chi connectivity index (χ0n) is 10.2. The van der Waals surface area contributed by atoms with Gasteiger partial charge in [-0.1, -0.05) is 23.6 Å². The molecule has 0 saturated carbocycles. The summed E-state index contributed by atoms with van der Waals surface area (Å²) in [5.74, 6) is 0. The Bertz CT molecular complexity index is 280. The smallest absolute Gasteiger partial charge is 0.0235 e. The lowest BCUT2D eigenvalue weighted by atomic mass is 9.92. The fourth-order valence-corrected chi connectivity index (χ4v) is 2.72. The van der Waals surface area contributed by atoms with Gasteiger partial charge in [0.15, 0.2) is 0 Å². The summed E-state index contributed by atoms with van der Waals surface area (Å²) in [5, 5.41) is 0. The monoisotopic (exact) mass is 205 g/mol. The Balaban J connectivity index is 2.00. The van der Waals surface area contributed by atoms with Crippen LogP contribution in [0.3, 0.4) is 0 Å². The Morgan fingerprint density at radius 1 is 1.13 bits per heavy atom. The number of hydrogen-bond acceptors (Lipinski definition) is 1. The molecular weight excluding hydrogens is 182 g/mol. The average Bonchev–Trinajstić information content (AvgIpc) is 2.25. The second kappa shape index (κ2) is 4.98. The van der Waals surface area contributed by atoms with Crippen LogP contribution in [-0.4, -0.2) is 24.5 Å². The molecule has 0 spiro atoms. The van der Waals surface area contributed by atoms with E-state index in [4.69, 9.17) is 0 Å². The van der Waals surface area contributed by atoms with Gasteiger partial charge in [-0.15, -0.1) is 0 Å². The number of allylic oxidation sites excluding steroid dienone is 2. The number of hydrogen-bond donors (Lipinski definition) is 0. The Hall–Kier alpha value is -0.560. The quantitative estimate of drug-likeness (QED) is 0.666. The molecule has 0 aromatic heterocycles. The van der Waals surface area contributed by atoms with E-state index in [2.05, 4.69) is 24.8 Å². The summed E-state index contributed by atoms with van der Waals surface area (Å²) >= 11 is 0. The lowest BCUT2D eigenvalue weighted by Gasteiger charge is -2.29. The molecule has 0 aromatic rings. The first-order valence-corrected chi connectivity index (χ1v) is 6.35. The summed E-state index contributed by atoms with van der Waals surface area (Å²) in [4.78, 5) is 2.63. The van der Waals surface area contributed by atoms with Crippen LogP contribution in [0.4, 0.5) is 0 Å². The molecule has 84 valence electrons. The Labute approximate surface area is 93.9 Å². The van der Waals surface area contributed by atoms with Crippen LogP contribution in [0.1, 0.15) is 46.0 Å². The minimum Gasteiger partial charge on any atom is -0.299 e. The maximum Gasteiger partial charge on any atom is 0.0235 e. The average molecular weight is 205 g/mol. The van der Waals surface area contributed by atoms with Crippen LogP contribution in [0.5, 0.6) is 0 Å². The third-order valence-corrected chi connectivity index (χ3v) is 3.79. The first-order valence-electron chi connectivity index (χ1n) is 6.35. The topological polar surface area (TPSA) is 3.24 Å². The largest absolute Gasteiger partial charge is 0.299 e. The van der Waals surface area contributed by atoms with Crippen molar-refractivity contribution >= 4 is 0 Å². The first-order chi connectivity index (χ1) is 7.27. The van der Waals surface area contributed by atoms with Crippen molar-refractivity contribution in [3.05, 3.63) is 22.8 Å². The van der Waals surface area contributed by atoms with Gasteiger partial charge in [-0.05, 0) is 58.2 Å². The number of likely N-dealkylation sites (tertiary alicyclic amines) is 1. The zero-order valence-corrected chi connectivity index (χ0v) is 10.2. The van der Waals surface area contributed by atoms with Gasteiger partial charge in [0.05, 0.1) is 0 Å². The summed E-state index contributed by atoms with van der Waals surface area (Å²) in [5.41, 5.74) is 4.79. The molecule has 1 fully saturated rings. The van der Waals surface area contributed by atoms with Crippen LogP contribution >= 0.6 is 0 Å². The van der Waals surface area contributed by atoms with Crippen molar-refractivity contribution in [2.24, 2.45) is 0 Å². The van der Waals surface area contributed by atoms with Crippen molar-refractivity contribution < 1.29 is 0 Å². The molecule has 1 heterocycles. The molecular formula is C14H23N. The van der Waals surface area contributed by atoms with Crippen LogP contribution in [0.2, 0.25) is 0 Å². The second-order valence-electron chi connectivity index (χ2n) is 5.02. The minimum absolute atomic E-state index is 1.20. The van der Waals surface area contributed by atoms with E-state index < -0.39 is 0 Å². The van der Waals surface area contributed by atoms with Crippen LogP contribution in [0, 0.1) is 0 Å². The summed E-state index contributed by atoms with van der Waals surface area (Å²) in [6.07, 6.45) is 9.17. The molecule has 0 radical (unpaired) electrons. The zero-order chi connectivity index (χ0) is 10.7. The van der Waals surface area contributed by atoms with Crippen LogP contribution < -0.4 is 0 Å².